The van der Waals surface area contributed by atoms with Crippen LogP contribution in [0.2, 0.25) is 0 Å². The third kappa shape index (κ3) is 1.16. The average Bonchev–Trinajstić information content (AvgIpc) is 2.13. The SMILES string of the molecule is Cc1nc([C@@H](C)N)nn1C. The molecule has 56 valence electrons. The van der Waals surface area contributed by atoms with E-state index in [0.29, 0.717) is 5.82 Å². The van der Waals surface area contributed by atoms with E-state index in [0.717, 1.165) is 5.82 Å². The van der Waals surface area contributed by atoms with Crippen LogP contribution in [0.3, 0.4) is 0 Å². The molecule has 4 nitrogen and oxygen atoms in total. The maximum Gasteiger partial charge on any atom is 0.167 e. The molecular weight excluding hydrogens is 128 g/mol. The van der Waals surface area contributed by atoms with Crippen LogP contribution in [-0.4, -0.2) is 14.8 Å². The number of aromatic nitrogens is 3. The molecule has 0 aliphatic heterocycles. The molecule has 1 atom stereocenters. The van der Waals surface area contributed by atoms with Gasteiger partial charge in [0.25, 0.3) is 0 Å². The largest absolute Gasteiger partial charge is 0.321 e. The van der Waals surface area contributed by atoms with Gasteiger partial charge < -0.3 is 5.73 Å². The van der Waals surface area contributed by atoms with E-state index in [4.69, 9.17) is 5.73 Å². The molecule has 0 unspecified atom stereocenters. The monoisotopic (exact) mass is 140 g/mol. The van der Waals surface area contributed by atoms with Crippen LogP contribution in [0.4, 0.5) is 0 Å². The molecule has 0 saturated heterocycles. The number of nitrogens with two attached hydrogens (primary N) is 1. The quantitative estimate of drug-likeness (QED) is 0.603. The summed E-state index contributed by atoms with van der Waals surface area (Å²) in [6, 6.07) is -0.0695. The lowest BCUT2D eigenvalue weighted by molar-refractivity contribution is 0.685. The maximum atomic E-state index is 5.56. The van der Waals surface area contributed by atoms with Gasteiger partial charge in [-0.05, 0) is 13.8 Å². The summed E-state index contributed by atoms with van der Waals surface area (Å²) < 4.78 is 1.72. The molecule has 0 saturated carbocycles. The first-order valence-corrected chi connectivity index (χ1v) is 3.24. The van der Waals surface area contributed by atoms with Crippen molar-refractivity contribution in [3.8, 4) is 0 Å². The summed E-state index contributed by atoms with van der Waals surface area (Å²) in [5.74, 6) is 1.60. The van der Waals surface area contributed by atoms with Crippen molar-refractivity contribution >= 4 is 0 Å². The predicted molar refractivity (Wildman–Crippen MR) is 38.3 cm³/mol. The van der Waals surface area contributed by atoms with Crippen LogP contribution < -0.4 is 5.73 Å². The van der Waals surface area contributed by atoms with Gasteiger partial charge in [-0.15, -0.1) is 0 Å². The van der Waals surface area contributed by atoms with Crippen LogP contribution in [0.1, 0.15) is 24.6 Å². The van der Waals surface area contributed by atoms with Crippen LogP contribution in [0.25, 0.3) is 0 Å². The first-order valence-electron chi connectivity index (χ1n) is 3.24. The highest BCUT2D eigenvalue weighted by molar-refractivity contribution is 4.93. The Hall–Kier alpha value is -0.900. The van der Waals surface area contributed by atoms with Gasteiger partial charge >= 0.3 is 0 Å². The van der Waals surface area contributed by atoms with Gasteiger partial charge in [0.1, 0.15) is 5.82 Å². The van der Waals surface area contributed by atoms with Crippen LogP contribution in [-0.2, 0) is 7.05 Å². The molecule has 4 heteroatoms. The molecular formula is C6H12N4. The second-order valence-electron chi connectivity index (χ2n) is 2.43. The van der Waals surface area contributed by atoms with E-state index in [1.54, 1.807) is 4.68 Å². The summed E-state index contributed by atoms with van der Waals surface area (Å²) in [6.07, 6.45) is 0. The lowest BCUT2D eigenvalue weighted by atomic mass is 10.3. The average molecular weight is 140 g/mol. The zero-order valence-corrected chi connectivity index (χ0v) is 6.50. The summed E-state index contributed by atoms with van der Waals surface area (Å²) in [5.41, 5.74) is 5.56. The Morgan fingerprint density at radius 3 is 2.40 bits per heavy atom. The van der Waals surface area contributed by atoms with E-state index in [-0.39, 0.29) is 6.04 Å². The molecule has 2 N–H and O–H groups in total. The highest BCUT2D eigenvalue weighted by Crippen LogP contribution is 2.02. The van der Waals surface area contributed by atoms with E-state index >= 15 is 0 Å². The topological polar surface area (TPSA) is 56.7 Å². The predicted octanol–water partition coefficient (Wildman–Crippen LogP) is 0.143. The molecule has 0 radical (unpaired) electrons. The normalized spacial score (nSPS) is 13.6. The Morgan fingerprint density at radius 2 is 2.20 bits per heavy atom. The minimum Gasteiger partial charge on any atom is -0.321 e. The Balaban J connectivity index is 2.98. The van der Waals surface area contributed by atoms with E-state index < -0.39 is 0 Å². The minimum absolute atomic E-state index is 0.0695. The fourth-order valence-electron chi connectivity index (χ4n) is 0.679. The van der Waals surface area contributed by atoms with Gasteiger partial charge in [-0.25, -0.2) is 4.98 Å². The van der Waals surface area contributed by atoms with Crippen molar-refractivity contribution in [2.45, 2.75) is 19.9 Å². The van der Waals surface area contributed by atoms with Crippen molar-refractivity contribution in [2.24, 2.45) is 12.8 Å². The lowest BCUT2D eigenvalue weighted by Gasteiger charge is -1.94. The van der Waals surface area contributed by atoms with Crippen molar-refractivity contribution in [2.75, 3.05) is 0 Å². The number of rotatable bonds is 1. The van der Waals surface area contributed by atoms with Crippen LogP contribution in [0.5, 0.6) is 0 Å². The molecule has 1 aromatic rings. The smallest absolute Gasteiger partial charge is 0.167 e. The van der Waals surface area contributed by atoms with Gasteiger partial charge in [-0.1, -0.05) is 0 Å². The molecule has 0 aromatic carbocycles. The highest BCUT2D eigenvalue weighted by Gasteiger charge is 2.05. The van der Waals surface area contributed by atoms with Crippen molar-refractivity contribution < 1.29 is 0 Å². The fourth-order valence-corrected chi connectivity index (χ4v) is 0.679. The molecule has 0 bridgehead atoms. The third-order valence-corrected chi connectivity index (χ3v) is 1.40. The molecule has 10 heavy (non-hydrogen) atoms. The van der Waals surface area contributed by atoms with Gasteiger partial charge in [0.15, 0.2) is 5.82 Å². The fraction of sp³-hybridized carbons (Fsp3) is 0.667. The third-order valence-electron chi connectivity index (χ3n) is 1.40. The first kappa shape index (κ1) is 7.21. The molecule has 0 amide bonds. The van der Waals surface area contributed by atoms with Gasteiger partial charge in [-0.3, -0.25) is 4.68 Å². The van der Waals surface area contributed by atoms with Gasteiger partial charge in [0, 0.05) is 7.05 Å². The van der Waals surface area contributed by atoms with Crippen molar-refractivity contribution in [3.05, 3.63) is 11.6 Å². The van der Waals surface area contributed by atoms with E-state index in [1.807, 2.05) is 20.9 Å². The van der Waals surface area contributed by atoms with E-state index in [1.165, 1.54) is 0 Å². The van der Waals surface area contributed by atoms with Crippen LogP contribution >= 0.6 is 0 Å². The molecule has 1 aromatic heterocycles. The summed E-state index contributed by atoms with van der Waals surface area (Å²) >= 11 is 0. The minimum atomic E-state index is -0.0695. The first-order chi connectivity index (χ1) is 4.61. The lowest BCUT2D eigenvalue weighted by Crippen LogP contribution is -2.07. The number of aryl methyl sites for hydroxylation is 2. The Labute approximate surface area is 60.1 Å². The summed E-state index contributed by atoms with van der Waals surface area (Å²) in [6.45, 7) is 3.77. The molecule has 0 aliphatic carbocycles. The van der Waals surface area contributed by atoms with Gasteiger partial charge in [0.2, 0.25) is 0 Å². The maximum absolute atomic E-state index is 5.56. The molecule has 1 rings (SSSR count). The Morgan fingerprint density at radius 1 is 1.60 bits per heavy atom. The zero-order valence-electron chi connectivity index (χ0n) is 6.50. The highest BCUT2D eigenvalue weighted by atomic mass is 15.3. The molecule has 1 heterocycles. The van der Waals surface area contributed by atoms with Crippen molar-refractivity contribution in [1.29, 1.82) is 0 Å². The zero-order chi connectivity index (χ0) is 7.72. The Bertz CT molecular complexity index is 206. The number of hydrogen-bond donors (Lipinski definition) is 1. The van der Waals surface area contributed by atoms with E-state index in [9.17, 15) is 0 Å². The number of nitrogens with zero attached hydrogens (tertiary/aromatic N) is 3. The summed E-state index contributed by atoms with van der Waals surface area (Å²) in [7, 11) is 1.86. The second-order valence-corrected chi connectivity index (χ2v) is 2.43. The number of hydrogen-bond acceptors (Lipinski definition) is 3. The van der Waals surface area contributed by atoms with Gasteiger partial charge in [-0.2, -0.15) is 5.10 Å². The molecule has 0 aliphatic rings. The Kier molecular flexibility index (Phi) is 1.72. The van der Waals surface area contributed by atoms with E-state index in [2.05, 4.69) is 10.1 Å². The summed E-state index contributed by atoms with van der Waals surface area (Å²) in [5, 5.41) is 4.09. The van der Waals surface area contributed by atoms with Crippen LogP contribution in [0.15, 0.2) is 0 Å². The molecule has 0 fully saturated rings. The van der Waals surface area contributed by atoms with Crippen LogP contribution in [0, 0.1) is 6.92 Å². The van der Waals surface area contributed by atoms with Crippen molar-refractivity contribution in [3.63, 3.8) is 0 Å². The standard InChI is InChI=1S/C6H12N4/c1-4(7)6-8-5(2)10(3)9-6/h4H,7H2,1-3H3/t4-/m1/s1. The van der Waals surface area contributed by atoms with Crippen molar-refractivity contribution in [1.82, 2.24) is 14.8 Å². The summed E-state index contributed by atoms with van der Waals surface area (Å²) in [4.78, 5) is 4.14. The van der Waals surface area contributed by atoms with Gasteiger partial charge in [0.05, 0.1) is 6.04 Å². The second kappa shape index (κ2) is 2.38. The molecule has 0 spiro atoms.